The molecule has 148 valence electrons. The maximum Gasteiger partial charge on any atom is 0.306 e. The molecule has 0 atom stereocenters. The van der Waals surface area contributed by atoms with E-state index in [-0.39, 0.29) is 36.0 Å². The lowest BCUT2D eigenvalue weighted by molar-refractivity contribution is -0.146. The summed E-state index contributed by atoms with van der Waals surface area (Å²) in [6, 6.07) is 7.75. The van der Waals surface area contributed by atoms with Crippen LogP contribution in [0.25, 0.3) is 0 Å². The molecule has 1 aromatic rings. The van der Waals surface area contributed by atoms with Gasteiger partial charge in [0.15, 0.2) is 0 Å². The van der Waals surface area contributed by atoms with Gasteiger partial charge in [0.25, 0.3) is 5.91 Å². The summed E-state index contributed by atoms with van der Waals surface area (Å²) < 4.78 is 4.84. The Morgan fingerprint density at radius 2 is 1.48 bits per heavy atom. The molecule has 1 saturated heterocycles. The summed E-state index contributed by atoms with van der Waals surface area (Å²) in [6.45, 7) is 10.5. The van der Waals surface area contributed by atoms with E-state index in [1.54, 1.807) is 16.7 Å². The monoisotopic (exact) mass is 374 g/mol. The molecule has 0 saturated carbocycles. The molecule has 1 fully saturated rings. The molecular weight excluding hydrogens is 344 g/mol. The summed E-state index contributed by atoms with van der Waals surface area (Å²) in [6.07, 6.45) is 0.257. The van der Waals surface area contributed by atoms with Crippen LogP contribution in [-0.4, -0.2) is 60.4 Å². The minimum atomic E-state index is -0.349. The van der Waals surface area contributed by atoms with E-state index in [4.69, 9.17) is 4.74 Å². The van der Waals surface area contributed by atoms with Crippen molar-refractivity contribution < 1.29 is 19.1 Å². The van der Waals surface area contributed by atoms with E-state index in [1.165, 1.54) is 5.56 Å². The van der Waals surface area contributed by atoms with Crippen LogP contribution < -0.4 is 0 Å². The molecule has 6 nitrogen and oxygen atoms in total. The van der Waals surface area contributed by atoms with Gasteiger partial charge < -0.3 is 14.5 Å². The van der Waals surface area contributed by atoms with Gasteiger partial charge in [0.2, 0.25) is 5.91 Å². The van der Waals surface area contributed by atoms with Crippen LogP contribution in [0.5, 0.6) is 0 Å². The third-order valence-corrected chi connectivity index (χ3v) is 4.77. The molecule has 0 spiro atoms. The third kappa shape index (κ3) is 5.81. The van der Waals surface area contributed by atoms with Crippen LogP contribution >= 0.6 is 0 Å². The van der Waals surface area contributed by atoms with Crippen LogP contribution in [0.4, 0.5) is 0 Å². The number of benzene rings is 1. The molecule has 0 unspecified atom stereocenters. The van der Waals surface area contributed by atoms with Crippen molar-refractivity contribution in [2.45, 2.75) is 46.0 Å². The first-order valence-corrected chi connectivity index (χ1v) is 9.55. The Morgan fingerprint density at radius 3 is 2.00 bits per heavy atom. The summed E-state index contributed by atoms with van der Waals surface area (Å²) in [7, 11) is 0. The molecule has 0 aliphatic carbocycles. The first kappa shape index (κ1) is 20.9. The van der Waals surface area contributed by atoms with Gasteiger partial charge >= 0.3 is 5.97 Å². The van der Waals surface area contributed by atoms with Crippen molar-refractivity contribution in [3.05, 3.63) is 35.4 Å². The van der Waals surface area contributed by atoms with Crippen LogP contribution in [0.2, 0.25) is 0 Å². The quantitative estimate of drug-likeness (QED) is 0.743. The van der Waals surface area contributed by atoms with E-state index in [2.05, 4.69) is 20.8 Å². The fourth-order valence-electron chi connectivity index (χ4n) is 3.05. The van der Waals surface area contributed by atoms with E-state index in [1.807, 2.05) is 24.3 Å². The highest BCUT2D eigenvalue weighted by Gasteiger charge is 2.25. The molecule has 1 aliphatic rings. The SMILES string of the molecule is CCOC(=O)CCC(=O)N1CCN(C(=O)c2ccc(C(C)(C)C)cc2)CC1. The Hall–Kier alpha value is -2.37. The van der Waals surface area contributed by atoms with E-state index in [0.717, 1.165) is 0 Å². The van der Waals surface area contributed by atoms with Gasteiger partial charge in [-0.15, -0.1) is 0 Å². The molecule has 2 rings (SSSR count). The topological polar surface area (TPSA) is 66.9 Å². The zero-order valence-electron chi connectivity index (χ0n) is 16.8. The fourth-order valence-corrected chi connectivity index (χ4v) is 3.05. The highest BCUT2D eigenvalue weighted by atomic mass is 16.5. The molecule has 27 heavy (non-hydrogen) atoms. The third-order valence-electron chi connectivity index (χ3n) is 4.77. The van der Waals surface area contributed by atoms with Crippen LogP contribution in [0, 0.1) is 0 Å². The zero-order chi connectivity index (χ0) is 20.0. The second-order valence-electron chi connectivity index (χ2n) is 7.81. The van der Waals surface area contributed by atoms with E-state index in [9.17, 15) is 14.4 Å². The van der Waals surface area contributed by atoms with Crippen molar-refractivity contribution in [3.8, 4) is 0 Å². The average molecular weight is 374 g/mol. The molecule has 0 radical (unpaired) electrons. The average Bonchev–Trinajstić information content (AvgIpc) is 2.65. The maximum atomic E-state index is 12.7. The molecule has 0 bridgehead atoms. The molecular formula is C21H30N2O4. The summed E-state index contributed by atoms with van der Waals surface area (Å²) in [5.74, 6) is -0.419. The molecule has 6 heteroatoms. The van der Waals surface area contributed by atoms with Crippen LogP contribution in [0.1, 0.15) is 56.5 Å². The first-order valence-electron chi connectivity index (χ1n) is 9.55. The van der Waals surface area contributed by atoms with Gasteiger partial charge in [-0.25, -0.2) is 0 Å². The minimum absolute atomic E-state index is 0.00548. The number of ether oxygens (including phenoxy) is 1. The number of hydrogen-bond acceptors (Lipinski definition) is 4. The number of carbonyl (C=O) groups is 3. The van der Waals surface area contributed by atoms with Crippen molar-refractivity contribution in [3.63, 3.8) is 0 Å². The maximum absolute atomic E-state index is 12.7. The fraction of sp³-hybridized carbons (Fsp3) is 0.571. The van der Waals surface area contributed by atoms with Gasteiger partial charge in [-0.05, 0) is 30.0 Å². The predicted octanol–water partition coefficient (Wildman–Crippen LogP) is 2.61. The molecule has 0 aromatic heterocycles. The van der Waals surface area contributed by atoms with Crippen molar-refractivity contribution in [1.82, 2.24) is 9.80 Å². The number of piperazine rings is 1. The summed E-state index contributed by atoms with van der Waals surface area (Å²) in [4.78, 5) is 39.7. The molecule has 1 aromatic carbocycles. The second-order valence-corrected chi connectivity index (χ2v) is 7.81. The number of rotatable bonds is 5. The summed E-state index contributed by atoms with van der Waals surface area (Å²) in [5.41, 5.74) is 1.91. The van der Waals surface area contributed by atoms with Gasteiger partial charge in [0.05, 0.1) is 13.0 Å². The zero-order valence-corrected chi connectivity index (χ0v) is 16.8. The lowest BCUT2D eigenvalue weighted by atomic mass is 9.86. The number of nitrogens with zero attached hydrogens (tertiary/aromatic N) is 2. The van der Waals surface area contributed by atoms with Crippen LogP contribution in [-0.2, 0) is 19.7 Å². The van der Waals surface area contributed by atoms with E-state index in [0.29, 0.717) is 38.3 Å². The lowest BCUT2D eigenvalue weighted by Crippen LogP contribution is -2.50. The molecule has 2 amide bonds. The van der Waals surface area contributed by atoms with Crippen molar-refractivity contribution in [2.24, 2.45) is 0 Å². The highest BCUT2D eigenvalue weighted by Crippen LogP contribution is 2.22. The predicted molar refractivity (Wildman–Crippen MR) is 103 cm³/mol. The standard InChI is InChI=1S/C21H30N2O4/c1-5-27-19(25)11-10-18(24)22-12-14-23(15-13-22)20(26)16-6-8-17(9-7-16)21(2,3)4/h6-9H,5,10-15H2,1-4H3. The van der Waals surface area contributed by atoms with Gasteiger partial charge in [-0.2, -0.15) is 0 Å². The summed E-state index contributed by atoms with van der Waals surface area (Å²) in [5, 5.41) is 0. The molecule has 1 heterocycles. The van der Waals surface area contributed by atoms with E-state index >= 15 is 0 Å². The molecule has 1 aliphatic heterocycles. The van der Waals surface area contributed by atoms with Gasteiger partial charge in [-0.1, -0.05) is 32.9 Å². The number of hydrogen-bond donors (Lipinski definition) is 0. The van der Waals surface area contributed by atoms with Crippen LogP contribution in [0.3, 0.4) is 0 Å². The van der Waals surface area contributed by atoms with Crippen molar-refractivity contribution in [1.29, 1.82) is 0 Å². The Labute approximate surface area is 161 Å². The number of carbonyl (C=O) groups excluding carboxylic acids is 3. The Balaban J connectivity index is 1.85. The van der Waals surface area contributed by atoms with Gasteiger partial charge in [-0.3, -0.25) is 14.4 Å². The minimum Gasteiger partial charge on any atom is -0.466 e. The number of amides is 2. The molecule has 0 N–H and O–H groups in total. The van der Waals surface area contributed by atoms with Crippen LogP contribution in [0.15, 0.2) is 24.3 Å². The van der Waals surface area contributed by atoms with Gasteiger partial charge in [0.1, 0.15) is 0 Å². The van der Waals surface area contributed by atoms with Gasteiger partial charge in [0, 0.05) is 38.2 Å². The smallest absolute Gasteiger partial charge is 0.306 e. The Bertz CT molecular complexity index is 668. The van der Waals surface area contributed by atoms with Crippen molar-refractivity contribution >= 4 is 17.8 Å². The normalized spacial score (nSPS) is 14.8. The lowest BCUT2D eigenvalue weighted by Gasteiger charge is -2.35. The highest BCUT2D eigenvalue weighted by molar-refractivity contribution is 5.94. The Kier molecular flexibility index (Phi) is 6.99. The first-order chi connectivity index (χ1) is 12.7. The summed E-state index contributed by atoms with van der Waals surface area (Å²) >= 11 is 0. The van der Waals surface area contributed by atoms with E-state index < -0.39 is 0 Å². The second kappa shape index (κ2) is 9.02. The van der Waals surface area contributed by atoms with Crippen molar-refractivity contribution in [2.75, 3.05) is 32.8 Å². The number of esters is 1. The largest absolute Gasteiger partial charge is 0.466 e. The Morgan fingerprint density at radius 1 is 0.926 bits per heavy atom.